The highest BCUT2D eigenvalue weighted by Gasteiger charge is 2.60. The quantitative estimate of drug-likeness (QED) is 0.516. The molecule has 0 radical (unpaired) electrons. The van der Waals surface area contributed by atoms with Crippen LogP contribution in [0.4, 0.5) is 11.4 Å². The number of hydrogen-bond donors (Lipinski definition) is 0. The predicted molar refractivity (Wildman–Crippen MR) is 120 cm³/mol. The molecule has 6 nitrogen and oxygen atoms in total. The van der Waals surface area contributed by atoms with Crippen molar-refractivity contribution in [2.75, 3.05) is 17.1 Å². The molecule has 7 heteroatoms. The summed E-state index contributed by atoms with van der Waals surface area (Å²) in [6.07, 6.45) is -0.886. The summed E-state index contributed by atoms with van der Waals surface area (Å²) in [7, 11) is 1.60. The van der Waals surface area contributed by atoms with Gasteiger partial charge < -0.3 is 4.74 Å². The first-order chi connectivity index (χ1) is 15.1. The van der Waals surface area contributed by atoms with E-state index in [1.165, 1.54) is 4.90 Å². The number of methoxy groups -OCH3 is 1. The SMILES string of the molecule is COc1ccc(N2O[C@H]3C(=O)N(c4ccc(Br)cc4)C(=O)[C@@H]3[C@@H]2c2ccccc2)cc1. The van der Waals surface area contributed by atoms with Gasteiger partial charge in [0.2, 0.25) is 5.91 Å². The number of rotatable bonds is 4. The first kappa shape index (κ1) is 19.8. The van der Waals surface area contributed by atoms with Gasteiger partial charge >= 0.3 is 0 Å². The second-order valence-electron chi connectivity index (χ2n) is 7.42. The zero-order chi connectivity index (χ0) is 21.5. The van der Waals surface area contributed by atoms with Gasteiger partial charge in [-0.25, -0.2) is 9.96 Å². The van der Waals surface area contributed by atoms with E-state index in [9.17, 15) is 9.59 Å². The van der Waals surface area contributed by atoms with Gasteiger partial charge in [-0.3, -0.25) is 14.4 Å². The Hall–Kier alpha value is -3.16. The van der Waals surface area contributed by atoms with Crippen molar-refractivity contribution in [1.82, 2.24) is 0 Å². The topological polar surface area (TPSA) is 59.1 Å². The normalized spacial score (nSPS) is 22.7. The summed E-state index contributed by atoms with van der Waals surface area (Å²) in [5.74, 6) is -0.551. The molecule has 0 N–H and O–H groups in total. The summed E-state index contributed by atoms with van der Waals surface area (Å²) in [5, 5.41) is 1.68. The molecule has 0 unspecified atom stereocenters. The summed E-state index contributed by atoms with van der Waals surface area (Å²) in [6, 6.07) is 23.7. The Balaban J connectivity index is 1.55. The van der Waals surface area contributed by atoms with Gasteiger partial charge in [-0.2, -0.15) is 0 Å². The van der Waals surface area contributed by atoms with Crippen LogP contribution in [0.5, 0.6) is 5.75 Å². The number of nitrogens with zero attached hydrogens (tertiary/aromatic N) is 2. The van der Waals surface area contributed by atoms with E-state index in [0.29, 0.717) is 11.4 Å². The van der Waals surface area contributed by atoms with E-state index in [-0.39, 0.29) is 11.8 Å². The number of carbonyl (C=O) groups excluding carboxylic acids is 2. The molecule has 0 bridgehead atoms. The van der Waals surface area contributed by atoms with Gasteiger partial charge in [0.25, 0.3) is 5.91 Å². The van der Waals surface area contributed by atoms with Crippen LogP contribution in [0.25, 0.3) is 0 Å². The van der Waals surface area contributed by atoms with Crippen LogP contribution in [0.15, 0.2) is 83.3 Å². The second kappa shape index (κ2) is 7.83. The highest BCUT2D eigenvalue weighted by atomic mass is 79.9. The average molecular weight is 479 g/mol. The smallest absolute Gasteiger partial charge is 0.266 e. The van der Waals surface area contributed by atoms with Gasteiger partial charge in [0.05, 0.1) is 24.5 Å². The van der Waals surface area contributed by atoms with E-state index in [4.69, 9.17) is 9.57 Å². The molecule has 2 heterocycles. The third kappa shape index (κ3) is 3.30. The lowest BCUT2D eigenvalue weighted by atomic mass is 9.90. The van der Waals surface area contributed by atoms with Gasteiger partial charge in [-0.05, 0) is 54.1 Å². The molecule has 2 aliphatic heterocycles. The fourth-order valence-corrected chi connectivity index (χ4v) is 4.47. The van der Waals surface area contributed by atoms with Crippen LogP contribution < -0.4 is 14.7 Å². The lowest BCUT2D eigenvalue weighted by Gasteiger charge is -2.28. The minimum atomic E-state index is -0.886. The maximum absolute atomic E-state index is 13.5. The van der Waals surface area contributed by atoms with Crippen LogP contribution in [-0.4, -0.2) is 25.0 Å². The fraction of sp³-hybridized carbons (Fsp3) is 0.167. The molecule has 2 aliphatic rings. The first-order valence-corrected chi connectivity index (χ1v) is 10.7. The van der Waals surface area contributed by atoms with Gasteiger partial charge in [0, 0.05) is 4.47 Å². The fourth-order valence-electron chi connectivity index (χ4n) is 4.20. The van der Waals surface area contributed by atoms with Gasteiger partial charge in [0.1, 0.15) is 11.7 Å². The molecule has 0 saturated carbocycles. The number of benzene rings is 3. The summed E-state index contributed by atoms with van der Waals surface area (Å²) >= 11 is 3.39. The number of hydroxylamine groups is 1. The molecule has 3 atom stereocenters. The molecule has 3 aromatic rings. The predicted octanol–water partition coefficient (Wildman–Crippen LogP) is 4.51. The summed E-state index contributed by atoms with van der Waals surface area (Å²) in [6.45, 7) is 0. The Bertz CT molecular complexity index is 1120. The Morgan fingerprint density at radius 2 is 1.48 bits per heavy atom. The second-order valence-corrected chi connectivity index (χ2v) is 8.34. The van der Waals surface area contributed by atoms with E-state index >= 15 is 0 Å². The molecule has 156 valence electrons. The summed E-state index contributed by atoms with van der Waals surface area (Å²) in [5.41, 5.74) is 2.20. The Morgan fingerprint density at radius 1 is 0.839 bits per heavy atom. The van der Waals surface area contributed by atoms with Crippen LogP contribution in [0, 0.1) is 5.92 Å². The van der Waals surface area contributed by atoms with Gasteiger partial charge in [0.15, 0.2) is 6.10 Å². The number of halogens is 1. The summed E-state index contributed by atoms with van der Waals surface area (Å²) < 4.78 is 6.12. The standard InChI is InChI=1S/C24H19BrN2O4/c1-30-19-13-11-18(12-14-19)27-21(15-5-3-2-4-6-15)20-22(31-27)24(29)26(23(20)28)17-9-7-16(25)8-10-17/h2-14,20-22H,1H3/t20-,21+,22-/m1/s1. The number of hydrogen-bond acceptors (Lipinski definition) is 5. The molecule has 3 aromatic carbocycles. The van der Waals surface area contributed by atoms with Crippen LogP contribution >= 0.6 is 15.9 Å². The molecule has 0 spiro atoms. The molecular formula is C24H19BrN2O4. The minimum Gasteiger partial charge on any atom is -0.497 e. The molecule has 0 aliphatic carbocycles. The molecule has 0 aromatic heterocycles. The third-order valence-corrected chi connectivity index (χ3v) is 6.20. The summed E-state index contributed by atoms with van der Waals surface area (Å²) in [4.78, 5) is 34.1. The van der Waals surface area contributed by atoms with E-state index in [2.05, 4.69) is 15.9 Å². The van der Waals surface area contributed by atoms with Gasteiger partial charge in [-0.15, -0.1) is 0 Å². The van der Waals surface area contributed by atoms with Crippen molar-refractivity contribution in [3.05, 3.63) is 88.9 Å². The Kier molecular flexibility index (Phi) is 5.00. The lowest BCUT2D eigenvalue weighted by molar-refractivity contribution is -0.126. The van der Waals surface area contributed by atoms with E-state index in [0.717, 1.165) is 15.7 Å². The maximum Gasteiger partial charge on any atom is 0.266 e. The van der Waals surface area contributed by atoms with E-state index in [1.807, 2.05) is 66.7 Å². The first-order valence-electron chi connectivity index (χ1n) is 9.87. The number of carbonyl (C=O) groups is 2. The molecule has 31 heavy (non-hydrogen) atoms. The molecule has 2 saturated heterocycles. The molecule has 5 rings (SSSR count). The number of ether oxygens (including phenoxy) is 1. The van der Waals surface area contributed by atoms with Crippen molar-refractivity contribution >= 4 is 39.1 Å². The zero-order valence-electron chi connectivity index (χ0n) is 16.6. The van der Waals surface area contributed by atoms with Crippen molar-refractivity contribution in [2.24, 2.45) is 5.92 Å². The Labute approximate surface area is 188 Å². The zero-order valence-corrected chi connectivity index (χ0v) is 18.2. The highest BCUT2D eigenvalue weighted by molar-refractivity contribution is 9.10. The van der Waals surface area contributed by atoms with Crippen molar-refractivity contribution in [2.45, 2.75) is 12.1 Å². The highest BCUT2D eigenvalue weighted by Crippen LogP contribution is 2.47. The molecule has 2 fully saturated rings. The van der Waals surface area contributed by atoms with Crippen molar-refractivity contribution < 1.29 is 19.2 Å². The van der Waals surface area contributed by atoms with Crippen molar-refractivity contribution in [3.8, 4) is 5.75 Å². The minimum absolute atomic E-state index is 0.262. The van der Waals surface area contributed by atoms with Crippen molar-refractivity contribution in [1.29, 1.82) is 0 Å². The van der Waals surface area contributed by atoms with Crippen LogP contribution in [0.3, 0.4) is 0 Å². The Morgan fingerprint density at radius 3 is 2.13 bits per heavy atom. The molecular weight excluding hydrogens is 460 g/mol. The number of amides is 2. The van der Waals surface area contributed by atoms with Crippen molar-refractivity contribution in [3.63, 3.8) is 0 Å². The number of imide groups is 1. The monoisotopic (exact) mass is 478 g/mol. The number of fused-ring (bicyclic) bond motifs is 1. The molecule has 2 amide bonds. The average Bonchev–Trinajstić information content (AvgIpc) is 3.31. The third-order valence-electron chi connectivity index (χ3n) is 5.67. The van der Waals surface area contributed by atoms with E-state index < -0.39 is 18.1 Å². The van der Waals surface area contributed by atoms with Gasteiger partial charge in [-0.1, -0.05) is 46.3 Å². The van der Waals surface area contributed by atoms with E-state index in [1.54, 1.807) is 24.3 Å². The lowest BCUT2D eigenvalue weighted by Crippen LogP contribution is -2.37. The number of anilines is 2. The van der Waals surface area contributed by atoms with Crippen LogP contribution in [-0.2, 0) is 14.4 Å². The van der Waals surface area contributed by atoms with Crippen LogP contribution in [0.1, 0.15) is 11.6 Å². The van der Waals surface area contributed by atoms with Crippen LogP contribution in [0.2, 0.25) is 0 Å². The maximum atomic E-state index is 13.5. The largest absolute Gasteiger partial charge is 0.497 e.